The third-order valence-electron chi connectivity index (χ3n) is 5.20. The zero-order chi connectivity index (χ0) is 18.6. The van der Waals surface area contributed by atoms with E-state index in [1.54, 1.807) is 0 Å². The molecule has 1 aromatic heterocycles. The van der Waals surface area contributed by atoms with Gasteiger partial charge in [0, 0.05) is 37.1 Å². The van der Waals surface area contributed by atoms with E-state index in [9.17, 15) is 4.79 Å². The summed E-state index contributed by atoms with van der Waals surface area (Å²) in [4.78, 5) is 17.0. The number of benzene rings is 2. The van der Waals surface area contributed by atoms with Crippen molar-refractivity contribution in [1.29, 1.82) is 0 Å². The zero-order valence-electron chi connectivity index (χ0n) is 16.4. The lowest BCUT2D eigenvalue weighted by Gasteiger charge is -2.34. The van der Waals surface area contributed by atoms with Gasteiger partial charge in [-0.25, -0.2) is 0 Å². The fraction of sp³-hybridized carbons (Fsp3) is 0.273. The van der Waals surface area contributed by atoms with Gasteiger partial charge in [-0.15, -0.1) is 24.8 Å². The highest BCUT2D eigenvalue weighted by Gasteiger charge is 2.21. The molecule has 0 atom stereocenters. The van der Waals surface area contributed by atoms with Crippen LogP contribution in [0, 0.1) is 0 Å². The molecule has 7 heteroatoms. The van der Waals surface area contributed by atoms with Gasteiger partial charge in [0.1, 0.15) is 0 Å². The fourth-order valence-corrected chi connectivity index (χ4v) is 3.47. The summed E-state index contributed by atoms with van der Waals surface area (Å²) in [5.41, 5.74) is 3.75. The first-order valence-corrected chi connectivity index (χ1v) is 9.47. The van der Waals surface area contributed by atoms with Crippen molar-refractivity contribution in [3.05, 3.63) is 65.4 Å². The molecule has 1 N–H and O–H groups in total. The van der Waals surface area contributed by atoms with E-state index in [0.29, 0.717) is 0 Å². The molecule has 4 rings (SSSR count). The molecule has 1 fully saturated rings. The Morgan fingerprint density at radius 3 is 2.38 bits per heavy atom. The van der Waals surface area contributed by atoms with Crippen LogP contribution in [-0.4, -0.2) is 58.6 Å². The van der Waals surface area contributed by atoms with Crippen molar-refractivity contribution in [3.63, 3.8) is 0 Å². The van der Waals surface area contributed by atoms with Gasteiger partial charge in [0.15, 0.2) is 0 Å². The number of piperazine rings is 1. The van der Waals surface area contributed by atoms with Crippen LogP contribution in [0.3, 0.4) is 0 Å². The zero-order valence-corrected chi connectivity index (χ0v) is 18.0. The van der Waals surface area contributed by atoms with Gasteiger partial charge >= 0.3 is 0 Å². The van der Waals surface area contributed by atoms with Gasteiger partial charge in [-0.05, 0) is 36.4 Å². The molecule has 0 saturated carbocycles. The number of carbonyl (C=O) groups excluding carboxylic acids is 1. The Morgan fingerprint density at radius 2 is 1.69 bits per heavy atom. The molecule has 0 bridgehead atoms. The number of nitrogens with one attached hydrogen (secondary N) is 1. The smallest absolute Gasteiger partial charge is 0.253 e. The molecule has 0 aliphatic carbocycles. The summed E-state index contributed by atoms with van der Waals surface area (Å²) >= 11 is 0. The Balaban J connectivity index is 0.00000150. The predicted molar refractivity (Wildman–Crippen MR) is 124 cm³/mol. The number of aromatic nitrogens is 2. The number of nitrogens with zero attached hydrogens (tertiary/aromatic N) is 3. The van der Waals surface area contributed by atoms with Crippen LogP contribution in [0.25, 0.3) is 23.1 Å². The molecule has 0 unspecified atom stereocenters. The number of aromatic amines is 1. The largest absolute Gasteiger partial charge is 0.336 e. The molecule has 1 saturated heterocycles. The van der Waals surface area contributed by atoms with Crippen molar-refractivity contribution in [1.82, 2.24) is 20.0 Å². The molecule has 2 heterocycles. The van der Waals surface area contributed by atoms with E-state index in [0.717, 1.165) is 60.4 Å². The molecule has 154 valence electrons. The number of hydrogen-bond acceptors (Lipinski definition) is 3. The number of rotatable bonds is 4. The number of likely N-dealkylation sites (N-methyl/N-ethyl adjacent to an activating group) is 1. The summed E-state index contributed by atoms with van der Waals surface area (Å²) in [6.07, 6.45) is 4.02. The highest BCUT2D eigenvalue weighted by molar-refractivity contribution is 5.95. The van der Waals surface area contributed by atoms with Gasteiger partial charge in [-0.3, -0.25) is 9.89 Å². The maximum absolute atomic E-state index is 12.7. The molecular weight excluding hydrogens is 407 g/mol. The van der Waals surface area contributed by atoms with E-state index in [-0.39, 0.29) is 30.7 Å². The van der Waals surface area contributed by atoms with Gasteiger partial charge < -0.3 is 9.80 Å². The maximum atomic E-state index is 12.7. The molecule has 1 amide bonds. The van der Waals surface area contributed by atoms with Gasteiger partial charge in [0.05, 0.1) is 11.2 Å². The van der Waals surface area contributed by atoms with Crippen molar-refractivity contribution < 1.29 is 4.79 Å². The van der Waals surface area contributed by atoms with Gasteiger partial charge in [-0.1, -0.05) is 43.3 Å². The van der Waals surface area contributed by atoms with Crippen LogP contribution in [0.2, 0.25) is 0 Å². The summed E-state index contributed by atoms with van der Waals surface area (Å²) in [6.45, 7) is 6.74. The van der Waals surface area contributed by atoms with Crippen LogP contribution in [0.4, 0.5) is 0 Å². The number of carbonyl (C=O) groups is 1. The van der Waals surface area contributed by atoms with Crippen LogP contribution >= 0.6 is 24.8 Å². The normalized spacial score (nSPS) is 14.6. The lowest BCUT2D eigenvalue weighted by molar-refractivity contribution is 0.0643. The Hall–Kier alpha value is -2.34. The first-order valence-electron chi connectivity index (χ1n) is 9.47. The molecule has 1 aliphatic heterocycles. The number of H-pyrrole nitrogens is 1. The van der Waals surface area contributed by atoms with Crippen LogP contribution < -0.4 is 0 Å². The minimum atomic E-state index is 0. The highest BCUT2D eigenvalue weighted by Crippen LogP contribution is 2.18. The van der Waals surface area contributed by atoms with Crippen LogP contribution in [0.1, 0.15) is 28.5 Å². The van der Waals surface area contributed by atoms with Crippen molar-refractivity contribution >= 4 is 53.8 Å². The number of halogens is 2. The lowest BCUT2D eigenvalue weighted by Crippen LogP contribution is -2.48. The first kappa shape index (κ1) is 22.9. The third-order valence-corrected chi connectivity index (χ3v) is 5.20. The topological polar surface area (TPSA) is 52.2 Å². The summed E-state index contributed by atoms with van der Waals surface area (Å²) < 4.78 is 0. The average Bonchev–Trinajstić information content (AvgIpc) is 3.15. The highest BCUT2D eigenvalue weighted by atomic mass is 35.5. The average molecular weight is 433 g/mol. The Labute approximate surface area is 183 Å². The maximum Gasteiger partial charge on any atom is 0.253 e. The number of fused-ring (bicyclic) bond motifs is 1. The van der Waals surface area contributed by atoms with Crippen LogP contribution in [-0.2, 0) is 0 Å². The van der Waals surface area contributed by atoms with E-state index >= 15 is 0 Å². The molecule has 5 nitrogen and oxygen atoms in total. The van der Waals surface area contributed by atoms with Crippen molar-refractivity contribution in [2.24, 2.45) is 0 Å². The van der Waals surface area contributed by atoms with Gasteiger partial charge in [0.25, 0.3) is 5.91 Å². The Morgan fingerprint density at radius 1 is 1.00 bits per heavy atom. The third kappa shape index (κ3) is 5.18. The van der Waals surface area contributed by atoms with Crippen LogP contribution in [0.5, 0.6) is 0 Å². The van der Waals surface area contributed by atoms with Crippen molar-refractivity contribution in [2.45, 2.75) is 6.92 Å². The van der Waals surface area contributed by atoms with Crippen molar-refractivity contribution in [3.8, 4) is 0 Å². The van der Waals surface area contributed by atoms with E-state index in [1.807, 2.05) is 59.5 Å². The Kier molecular flexibility index (Phi) is 8.26. The second-order valence-electron chi connectivity index (χ2n) is 6.84. The lowest BCUT2D eigenvalue weighted by atomic mass is 10.1. The second-order valence-corrected chi connectivity index (χ2v) is 6.84. The first-order chi connectivity index (χ1) is 13.2. The van der Waals surface area contributed by atoms with Gasteiger partial charge in [-0.2, -0.15) is 5.10 Å². The molecular formula is C22H26Cl2N4O. The summed E-state index contributed by atoms with van der Waals surface area (Å²) in [7, 11) is 0. The molecule has 1 aliphatic rings. The molecule has 0 spiro atoms. The van der Waals surface area contributed by atoms with Gasteiger partial charge in [0.2, 0.25) is 0 Å². The molecule has 2 aromatic carbocycles. The Bertz CT molecular complexity index is 960. The molecule has 0 radical (unpaired) electrons. The van der Waals surface area contributed by atoms with Crippen LogP contribution in [0.15, 0.2) is 48.5 Å². The fourth-order valence-electron chi connectivity index (χ4n) is 3.47. The van der Waals surface area contributed by atoms with Crippen molar-refractivity contribution in [2.75, 3.05) is 32.7 Å². The summed E-state index contributed by atoms with van der Waals surface area (Å²) in [6, 6.07) is 15.9. The minimum absolute atomic E-state index is 0. The number of amides is 1. The standard InChI is InChI=1S/C22H24N4O.2ClH/c1-2-25-13-15-26(16-14-25)22(27)18-10-7-17(8-11-18)9-12-21-19-5-3-4-6-20(19)23-24-21;;/h3-12H,2,13-16H2,1H3,(H,23,24);2*1H/b12-9+;;. The SMILES string of the molecule is CCN1CCN(C(=O)c2ccc(/C=C/c3n[nH]c4ccccc34)cc2)CC1.Cl.Cl. The molecule has 29 heavy (non-hydrogen) atoms. The summed E-state index contributed by atoms with van der Waals surface area (Å²) in [5.74, 6) is 0.125. The second kappa shape index (κ2) is 10.4. The molecule has 3 aromatic rings. The van der Waals surface area contributed by atoms with E-state index in [1.165, 1.54) is 0 Å². The number of hydrogen-bond donors (Lipinski definition) is 1. The minimum Gasteiger partial charge on any atom is -0.336 e. The quantitative estimate of drug-likeness (QED) is 0.666. The van der Waals surface area contributed by atoms with E-state index in [4.69, 9.17) is 0 Å². The monoisotopic (exact) mass is 432 g/mol. The van der Waals surface area contributed by atoms with E-state index < -0.39 is 0 Å². The predicted octanol–water partition coefficient (Wildman–Crippen LogP) is 4.35. The summed E-state index contributed by atoms with van der Waals surface area (Å²) in [5, 5.41) is 8.49. The van der Waals surface area contributed by atoms with E-state index in [2.05, 4.69) is 28.1 Å². The number of para-hydroxylation sites is 1.